The molecular formula is C14H21ClN2O. The van der Waals surface area contributed by atoms with E-state index in [9.17, 15) is 5.11 Å². The molecule has 0 aromatic carbocycles. The molecule has 0 saturated heterocycles. The Labute approximate surface area is 113 Å². The first kappa shape index (κ1) is 13.6. The zero-order chi connectivity index (χ0) is 13.1. The van der Waals surface area contributed by atoms with Crippen molar-refractivity contribution in [2.75, 3.05) is 0 Å². The summed E-state index contributed by atoms with van der Waals surface area (Å²) in [6.07, 6.45) is 8.13. The lowest BCUT2D eigenvalue weighted by atomic mass is 9.93. The van der Waals surface area contributed by atoms with Crippen LogP contribution in [0.5, 0.6) is 0 Å². The van der Waals surface area contributed by atoms with Crippen LogP contribution in [0.15, 0.2) is 11.6 Å². The van der Waals surface area contributed by atoms with Crippen LogP contribution in [0, 0.1) is 6.92 Å². The maximum atomic E-state index is 10.2. The highest BCUT2D eigenvalue weighted by molar-refractivity contribution is 6.30. The van der Waals surface area contributed by atoms with Gasteiger partial charge >= 0.3 is 0 Å². The molecule has 3 nitrogen and oxygen atoms in total. The van der Waals surface area contributed by atoms with Crippen molar-refractivity contribution in [3.05, 3.63) is 28.1 Å². The third-order valence-electron chi connectivity index (χ3n) is 3.59. The highest BCUT2D eigenvalue weighted by atomic mass is 35.5. The van der Waals surface area contributed by atoms with E-state index in [2.05, 4.69) is 11.2 Å². The van der Waals surface area contributed by atoms with E-state index in [-0.39, 0.29) is 6.10 Å². The smallest absolute Gasteiger partial charge is 0.130 e. The molecule has 1 heterocycles. The summed E-state index contributed by atoms with van der Waals surface area (Å²) in [6.45, 7) is 1.94. The second-order valence-electron chi connectivity index (χ2n) is 5.15. The lowest BCUT2D eigenvalue weighted by molar-refractivity contribution is 0.173. The zero-order valence-corrected chi connectivity index (χ0v) is 11.9. The highest BCUT2D eigenvalue weighted by Gasteiger charge is 2.17. The van der Waals surface area contributed by atoms with E-state index >= 15 is 0 Å². The number of rotatable bonds is 4. The number of halogens is 1. The van der Waals surface area contributed by atoms with Gasteiger partial charge in [0.2, 0.25) is 0 Å². The maximum absolute atomic E-state index is 10.2. The molecule has 4 heteroatoms. The van der Waals surface area contributed by atoms with Crippen LogP contribution in [0.4, 0.5) is 0 Å². The molecular weight excluding hydrogens is 248 g/mol. The van der Waals surface area contributed by atoms with E-state index in [1.54, 1.807) is 4.68 Å². The van der Waals surface area contributed by atoms with Crippen LogP contribution in [-0.4, -0.2) is 21.0 Å². The molecule has 100 valence electrons. The summed E-state index contributed by atoms with van der Waals surface area (Å²) in [5.74, 6) is 0. The minimum atomic E-state index is -0.352. The molecule has 1 N–H and O–H groups in total. The number of aromatic nitrogens is 2. The predicted octanol–water partition coefficient (Wildman–Crippen LogP) is 3.18. The van der Waals surface area contributed by atoms with Crippen molar-refractivity contribution in [1.29, 1.82) is 0 Å². The molecule has 0 fully saturated rings. The summed E-state index contributed by atoms with van der Waals surface area (Å²) in [5.41, 5.74) is 3.29. The number of nitrogens with zero attached hydrogens (tertiary/aromatic N) is 2. The van der Waals surface area contributed by atoms with Crippen molar-refractivity contribution in [2.24, 2.45) is 7.05 Å². The third kappa shape index (κ3) is 3.15. The van der Waals surface area contributed by atoms with Gasteiger partial charge in [-0.05, 0) is 39.0 Å². The fraction of sp³-hybridized carbons (Fsp3) is 0.643. The second-order valence-corrected chi connectivity index (χ2v) is 5.51. The number of allylic oxidation sites excluding steroid dienone is 1. The van der Waals surface area contributed by atoms with Gasteiger partial charge in [-0.15, -0.1) is 0 Å². The SMILES string of the molecule is Cc1nn(C)c(Cl)c1CC(O)CC1=CCCCC1. The summed E-state index contributed by atoms with van der Waals surface area (Å²) in [7, 11) is 1.83. The molecule has 2 rings (SSSR count). The normalized spacial score (nSPS) is 17.7. The van der Waals surface area contributed by atoms with Crippen molar-refractivity contribution in [3.8, 4) is 0 Å². The molecule has 1 aromatic rings. The summed E-state index contributed by atoms with van der Waals surface area (Å²) in [5, 5.41) is 15.1. The molecule has 0 spiro atoms. The Morgan fingerprint density at radius 3 is 2.78 bits per heavy atom. The van der Waals surface area contributed by atoms with E-state index in [4.69, 9.17) is 11.6 Å². The molecule has 1 aromatic heterocycles. The average molecular weight is 269 g/mol. The third-order valence-corrected chi connectivity index (χ3v) is 4.07. The molecule has 0 amide bonds. The Hall–Kier alpha value is -0.800. The maximum Gasteiger partial charge on any atom is 0.130 e. The number of hydrogen-bond acceptors (Lipinski definition) is 2. The van der Waals surface area contributed by atoms with Crippen LogP contribution >= 0.6 is 11.6 Å². The molecule has 18 heavy (non-hydrogen) atoms. The van der Waals surface area contributed by atoms with Crippen LogP contribution in [0.25, 0.3) is 0 Å². The summed E-state index contributed by atoms with van der Waals surface area (Å²) in [4.78, 5) is 0. The highest BCUT2D eigenvalue weighted by Crippen LogP contribution is 2.25. The minimum Gasteiger partial charge on any atom is -0.392 e. The van der Waals surface area contributed by atoms with Gasteiger partial charge in [-0.1, -0.05) is 23.3 Å². The fourth-order valence-electron chi connectivity index (χ4n) is 2.61. The molecule has 1 aliphatic rings. The Kier molecular flexibility index (Phi) is 4.46. The lowest BCUT2D eigenvalue weighted by Gasteiger charge is -2.16. The van der Waals surface area contributed by atoms with Crippen molar-refractivity contribution in [1.82, 2.24) is 9.78 Å². The molecule has 0 saturated carbocycles. The average Bonchev–Trinajstić information content (AvgIpc) is 2.57. The van der Waals surface area contributed by atoms with Crippen molar-refractivity contribution in [3.63, 3.8) is 0 Å². The Balaban J connectivity index is 1.98. The van der Waals surface area contributed by atoms with Gasteiger partial charge in [0.15, 0.2) is 0 Å². The number of aliphatic hydroxyl groups is 1. The van der Waals surface area contributed by atoms with Crippen LogP contribution in [0.2, 0.25) is 5.15 Å². The fourth-order valence-corrected chi connectivity index (χ4v) is 2.86. The Bertz CT molecular complexity index is 451. The monoisotopic (exact) mass is 268 g/mol. The Morgan fingerprint density at radius 1 is 1.44 bits per heavy atom. The standard InChI is InChI=1S/C14H21ClN2O/c1-10-13(14(15)17(2)16-10)9-12(18)8-11-6-4-3-5-7-11/h6,12,18H,3-5,7-9H2,1-2H3. The topological polar surface area (TPSA) is 38.0 Å². The van der Waals surface area contributed by atoms with Crippen LogP contribution in [-0.2, 0) is 13.5 Å². The molecule has 0 aliphatic heterocycles. The zero-order valence-electron chi connectivity index (χ0n) is 11.1. The lowest BCUT2D eigenvalue weighted by Crippen LogP contribution is -2.13. The Morgan fingerprint density at radius 2 is 2.22 bits per heavy atom. The van der Waals surface area contributed by atoms with E-state index in [1.807, 2.05) is 14.0 Å². The minimum absolute atomic E-state index is 0.352. The van der Waals surface area contributed by atoms with Gasteiger partial charge < -0.3 is 5.11 Å². The van der Waals surface area contributed by atoms with Gasteiger partial charge in [0, 0.05) is 19.0 Å². The van der Waals surface area contributed by atoms with E-state index in [1.165, 1.54) is 18.4 Å². The quantitative estimate of drug-likeness (QED) is 0.852. The number of hydrogen-bond donors (Lipinski definition) is 1. The first-order chi connectivity index (χ1) is 8.58. The summed E-state index contributed by atoms with van der Waals surface area (Å²) < 4.78 is 1.67. The predicted molar refractivity (Wildman–Crippen MR) is 73.8 cm³/mol. The first-order valence-electron chi connectivity index (χ1n) is 6.62. The molecule has 1 atom stereocenters. The molecule has 1 aliphatic carbocycles. The van der Waals surface area contributed by atoms with Crippen LogP contribution in [0.1, 0.15) is 43.4 Å². The molecule has 0 bridgehead atoms. The first-order valence-corrected chi connectivity index (χ1v) is 6.99. The van der Waals surface area contributed by atoms with Crippen LogP contribution in [0.3, 0.4) is 0 Å². The summed E-state index contributed by atoms with van der Waals surface area (Å²) >= 11 is 6.18. The van der Waals surface area contributed by atoms with Crippen molar-refractivity contribution in [2.45, 2.75) is 51.6 Å². The van der Waals surface area contributed by atoms with Gasteiger partial charge in [-0.25, -0.2) is 0 Å². The van der Waals surface area contributed by atoms with Crippen molar-refractivity contribution < 1.29 is 5.11 Å². The van der Waals surface area contributed by atoms with Gasteiger partial charge in [-0.3, -0.25) is 4.68 Å². The van der Waals surface area contributed by atoms with Gasteiger partial charge in [-0.2, -0.15) is 5.10 Å². The van der Waals surface area contributed by atoms with Gasteiger partial charge in [0.05, 0.1) is 11.8 Å². The van der Waals surface area contributed by atoms with E-state index < -0.39 is 0 Å². The van der Waals surface area contributed by atoms with E-state index in [0.717, 1.165) is 30.5 Å². The van der Waals surface area contributed by atoms with Gasteiger partial charge in [0.25, 0.3) is 0 Å². The number of aryl methyl sites for hydroxylation is 2. The van der Waals surface area contributed by atoms with Crippen LogP contribution < -0.4 is 0 Å². The molecule has 0 radical (unpaired) electrons. The van der Waals surface area contributed by atoms with Crippen molar-refractivity contribution >= 4 is 11.6 Å². The second kappa shape index (κ2) is 5.89. The molecule has 1 unspecified atom stereocenters. The summed E-state index contributed by atoms with van der Waals surface area (Å²) in [6, 6.07) is 0. The number of aliphatic hydroxyl groups excluding tert-OH is 1. The van der Waals surface area contributed by atoms with Gasteiger partial charge in [0.1, 0.15) is 5.15 Å². The largest absolute Gasteiger partial charge is 0.392 e. The van der Waals surface area contributed by atoms with E-state index in [0.29, 0.717) is 11.6 Å².